The summed E-state index contributed by atoms with van der Waals surface area (Å²) in [6, 6.07) is 16.7. The highest BCUT2D eigenvalue weighted by Crippen LogP contribution is 2.44. The molecule has 1 aromatic heterocycles. The van der Waals surface area contributed by atoms with E-state index in [-0.39, 0.29) is 7.52 Å². The van der Waals surface area contributed by atoms with Crippen molar-refractivity contribution in [3.63, 3.8) is 0 Å². The molecule has 3 N–H and O–H groups in total. The van der Waals surface area contributed by atoms with Crippen molar-refractivity contribution >= 4 is 22.5 Å². The van der Waals surface area contributed by atoms with E-state index in [4.69, 9.17) is 4.74 Å². The van der Waals surface area contributed by atoms with Crippen LogP contribution in [0.5, 0.6) is 0 Å². The van der Waals surface area contributed by atoms with Gasteiger partial charge >= 0.3 is 6.09 Å². The number of piperidine rings is 1. The number of aromatic nitrogens is 2. The van der Waals surface area contributed by atoms with E-state index in [0.29, 0.717) is 42.0 Å². The highest BCUT2D eigenvalue weighted by Gasteiger charge is 2.23. The van der Waals surface area contributed by atoms with Crippen LogP contribution in [-0.2, 0) is 11.3 Å². The van der Waals surface area contributed by atoms with Crippen molar-refractivity contribution in [2.75, 3.05) is 31.2 Å². The summed E-state index contributed by atoms with van der Waals surface area (Å²) < 4.78 is 24.9. The monoisotopic (exact) mass is 484 g/mol. The smallest absolute Gasteiger partial charge is 0.410 e. The second-order valence-corrected chi connectivity index (χ2v) is 10.6. The van der Waals surface area contributed by atoms with Gasteiger partial charge in [0.25, 0.3) is 0 Å². The second-order valence-electron chi connectivity index (χ2n) is 8.50. The molecule has 182 valence electrons. The second kappa shape index (κ2) is 10.9. The van der Waals surface area contributed by atoms with E-state index in [1.807, 2.05) is 42.5 Å². The molecule has 1 fully saturated rings. The molecule has 4 rings (SSSR count). The van der Waals surface area contributed by atoms with Gasteiger partial charge < -0.3 is 15.0 Å². The number of likely N-dealkylation sites (tertiary alicyclic amines) is 1. The van der Waals surface area contributed by atoms with Crippen LogP contribution in [0.25, 0.3) is 11.3 Å². The van der Waals surface area contributed by atoms with Crippen LogP contribution in [0.2, 0.25) is 0 Å². The van der Waals surface area contributed by atoms with Crippen LogP contribution in [0, 0.1) is 5.92 Å². The van der Waals surface area contributed by atoms with Crippen molar-refractivity contribution in [2.24, 2.45) is 5.92 Å². The lowest BCUT2D eigenvalue weighted by molar-refractivity contribution is 0.0832. The number of amides is 1. The quantitative estimate of drug-likeness (QED) is 0.401. The molecule has 2 heterocycles. The van der Waals surface area contributed by atoms with E-state index in [0.717, 1.165) is 30.5 Å². The molecule has 0 bridgehead atoms. The van der Waals surface area contributed by atoms with Crippen LogP contribution in [-0.4, -0.2) is 56.0 Å². The lowest BCUT2D eigenvalue weighted by atomic mass is 9.97. The van der Waals surface area contributed by atoms with Gasteiger partial charge in [0.2, 0.25) is 0 Å². The van der Waals surface area contributed by atoms with Gasteiger partial charge in [0.1, 0.15) is 12.4 Å². The van der Waals surface area contributed by atoms with Gasteiger partial charge in [0.15, 0.2) is 0 Å². The third-order valence-electron chi connectivity index (χ3n) is 5.90. The molecule has 1 aliphatic rings. The summed E-state index contributed by atoms with van der Waals surface area (Å²) in [7, 11) is -2.72. The number of nitrogens with one attached hydrogen (secondary N) is 1. The Balaban J connectivity index is 0.00000342. The Bertz CT molecular complexity index is 1070. The lowest BCUT2D eigenvalue weighted by Gasteiger charge is -2.31. The van der Waals surface area contributed by atoms with Gasteiger partial charge in [-0.1, -0.05) is 42.5 Å². The number of hydrogen-bond donors (Lipinski definition) is 3. The van der Waals surface area contributed by atoms with Crippen molar-refractivity contribution in [1.29, 1.82) is 0 Å². The molecule has 1 aliphatic heterocycles. The van der Waals surface area contributed by atoms with Crippen LogP contribution in [0.1, 0.15) is 19.8 Å². The summed E-state index contributed by atoms with van der Waals surface area (Å²) in [5.41, 5.74) is 2.56. The first kappa shape index (κ1) is 24.0. The molecule has 0 unspecified atom stereocenters. The Morgan fingerprint density at radius 2 is 1.79 bits per heavy atom. The lowest BCUT2D eigenvalue weighted by Crippen LogP contribution is -2.40. The summed E-state index contributed by atoms with van der Waals surface area (Å²) in [5, 5.41) is 3.34. The minimum atomic E-state index is -2.72. The van der Waals surface area contributed by atoms with E-state index in [1.54, 1.807) is 29.4 Å². The van der Waals surface area contributed by atoms with E-state index in [2.05, 4.69) is 15.3 Å². The number of benzene rings is 2. The number of carbonyl (C=O) groups excluding carboxylic acids is 1. The molecule has 0 radical (unpaired) electrons. The van der Waals surface area contributed by atoms with Crippen molar-refractivity contribution in [3.8, 4) is 11.3 Å². The normalized spacial score (nSPS) is 15.1. The van der Waals surface area contributed by atoms with E-state index in [9.17, 15) is 13.9 Å². The maximum Gasteiger partial charge on any atom is 0.410 e. The zero-order valence-electron chi connectivity index (χ0n) is 19.1. The van der Waals surface area contributed by atoms with Crippen LogP contribution in [0.15, 0.2) is 71.9 Å². The van der Waals surface area contributed by atoms with Crippen LogP contribution in [0.3, 0.4) is 0 Å². The van der Waals surface area contributed by atoms with Gasteiger partial charge in [-0.3, -0.25) is 14.1 Å². The highest BCUT2D eigenvalue weighted by atomic mass is 32.3. The third kappa shape index (κ3) is 6.47. The zero-order chi connectivity index (χ0) is 24.0. The molecule has 0 aliphatic carbocycles. The SMILES string of the molecule is CS(O)(O)c1ccc(-c2cnc(NCC3CCN(C(=O)OCc4ccccc4)CC3)cn2)cc1.[HH]. The van der Waals surface area contributed by atoms with Gasteiger partial charge in [-0.25, -0.2) is 9.78 Å². The fourth-order valence-electron chi connectivity index (χ4n) is 3.83. The predicted octanol–water partition coefficient (Wildman–Crippen LogP) is 5.59. The van der Waals surface area contributed by atoms with Crippen LogP contribution in [0.4, 0.5) is 10.6 Å². The molecule has 8 nitrogen and oxygen atoms in total. The summed E-state index contributed by atoms with van der Waals surface area (Å²) in [5.74, 6) is 1.15. The van der Waals surface area contributed by atoms with Crippen LogP contribution < -0.4 is 5.32 Å². The molecule has 0 spiro atoms. The average molecular weight is 485 g/mol. The Morgan fingerprint density at radius 3 is 2.41 bits per heavy atom. The van der Waals surface area contributed by atoms with Gasteiger partial charge in [-0.05, 0) is 36.5 Å². The van der Waals surface area contributed by atoms with Crippen molar-refractivity contribution in [3.05, 3.63) is 72.6 Å². The minimum absolute atomic E-state index is 0. The number of nitrogens with zero attached hydrogens (tertiary/aromatic N) is 3. The molecule has 1 saturated heterocycles. The van der Waals surface area contributed by atoms with E-state index < -0.39 is 10.6 Å². The minimum Gasteiger partial charge on any atom is -0.445 e. The molecular weight excluding hydrogens is 452 g/mol. The average Bonchev–Trinajstić information content (AvgIpc) is 2.87. The van der Waals surface area contributed by atoms with Gasteiger partial charge in [-0.15, -0.1) is 0 Å². The Labute approximate surface area is 202 Å². The topological polar surface area (TPSA) is 108 Å². The fraction of sp³-hybridized carbons (Fsp3) is 0.320. The molecule has 34 heavy (non-hydrogen) atoms. The fourth-order valence-corrected chi connectivity index (χ4v) is 4.48. The summed E-state index contributed by atoms with van der Waals surface area (Å²) in [6.45, 7) is 2.43. The molecule has 2 aromatic carbocycles. The van der Waals surface area contributed by atoms with E-state index in [1.165, 1.54) is 6.26 Å². The zero-order valence-corrected chi connectivity index (χ0v) is 19.9. The standard InChI is InChI=1S/C25H30N4O4S.H2/c1-34(31,32)22-9-7-21(8-10-22)23-16-28-24(17-26-23)27-15-19-11-13-29(14-12-19)25(30)33-18-20-5-3-2-4-6-20;/h2-10,16-17,19,31-32H,11-15,18H2,1H3,(H,27,28);1H. The predicted molar refractivity (Wildman–Crippen MR) is 136 cm³/mol. The maximum atomic E-state index is 12.3. The van der Waals surface area contributed by atoms with Crippen molar-refractivity contribution < 1.29 is 20.1 Å². The Hall–Kier alpha value is -3.14. The van der Waals surface area contributed by atoms with Crippen molar-refractivity contribution in [1.82, 2.24) is 14.9 Å². The first-order chi connectivity index (χ1) is 16.4. The Kier molecular flexibility index (Phi) is 7.66. The summed E-state index contributed by atoms with van der Waals surface area (Å²) in [4.78, 5) is 23.5. The van der Waals surface area contributed by atoms with Crippen LogP contribution >= 0.6 is 10.6 Å². The number of hydrogen-bond acceptors (Lipinski definition) is 7. The first-order valence-corrected chi connectivity index (χ1v) is 13.2. The number of anilines is 1. The number of ether oxygens (including phenoxy) is 1. The number of carbonyl (C=O) groups is 1. The Morgan fingerprint density at radius 1 is 1.09 bits per heavy atom. The molecule has 3 aromatic rings. The maximum absolute atomic E-state index is 12.3. The van der Waals surface area contributed by atoms with E-state index >= 15 is 0 Å². The molecule has 1 amide bonds. The summed E-state index contributed by atoms with van der Waals surface area (Å²) >= 11 is 0. The van der Waals surface area contributed by atoms with Gasteiger partial charge in [-0.2, -0.15) is 10.6 Å². The number of rotatable bonds is 7. The highest BCUT2D eigenvalue weighted by molar-refractivity contribution is 8.23. The van der Waals surface area contributed by atoms with Gasteiger partial charge in [0.05, 0.1) is 23.0 Å². The summed E-state index contributed by atoms with van der Waals surface area (Å²) in [6.07, 6.45) is 6.36. The third-order valence-corrected chi connectivity index (χ3v) is 7.06. The van der Waals surface area contributed by atoms with Crippen molar-refractivity contribution in [2.45, 2.75) is 24.3 Å². The first-order valence-electron chi connectivity index (χ1n) is 11.2. The molecular formula is C25H32N4O4S. The van der Waals surface area contributed by atoms with Gasteiger partial charge in [0, 0.05) is 32.9 Å². The largest absolute Gasteiger partial charge is 0.445 e. The molecule has 9 heteroatoms. The molecule has 0 atom stereocenters. The molecule has 0 saturated carbocycles.